The third kappa shape index (κ3) is 3.30. The van der Waals surface area contributed by atoms with E-state index in [-0.39, 0.29) is 12.5 Å². The van der Waals surface area contributed by atoms with E-state index in [1.807, 2.05) is 79.7 Å². The number of benzene rings is 3. The summed E-state index contributed by atoms with van der Waals surface area (Å²) in [7, 11) is 0. The number of aromatic nitrogens is 4. The largest absolute Gasteiger partial charge is 0.277 e. The van der Waals surface area contributed by atoms with E-state index in [1.54, 1.807) is 16.7 Å². The minimum absolute atomic E-state index is 0.00615. The molecule has 1 aromatic heterocycles. The number of hydrogen-bond donors (Lipinski definition) is 0. The normalized spacial score (nSPS) is 12.4. The molecule has 3 aromatic carbocycles. The zero-order chi connectivity index (χ0) is 19.8. The highest BCUT2D eigenvalue weighted by Gasteiger charge is 2.28. The molecule has 0 radical (unpaired) electrons. The maximum Gasteiger partial charge on any atom is 0.255 e. The zero-order valence-electron chi connectivity index (χ0n) is 15.7. The summed E-state index contributed by atoms with van der Waals surface area (Å²) in [6, 6.07) is 23.7. The fraction of sp³-hybridized carbons (Fsp3) is 0.0909. The molecule has 5 rings (SSSR count). The molecule has 29 heavy (non-hydrogen) atoms. The number of tetrazole rings is 1. The quantitative estimate of drug-likeness (QED) is 0.508. The Morgan fingerprint density at radius 3 is 2.17 bits per heavy atom. The van der Waals surface area contributed by atoms with E-state index in [2.05, 4.69) is 15.4 Å². The number of carbonyl (C=O) groups is 1. The highest BCUT2D eigenvalue weighted by atomic mass is 32.2. The van der Waals surface area contributed by atoms with Crippen LogP contribution in [0.1, 0.15) is 5.56 Å². The molecule has 1 amide bonds. The second-order valence-electron chi connectivity index (χ2n) is 6.78. The van der Waals surface area contributed by atoms with Crippen molar-refractivity contribution >= 4 is 29.0 Å². The van der Waals surface area contributed by atoms with Crippen molar-refractivity contribution in [1.82, 2.24) is 20.2 Å². The maximum atomic E-state index is 13.3. The van der Waals surface area contributed by atoms with Crippen molar-refractivity contribution in [3.63, 3.8) is 0 Å². The minimum atomic E-state index is -0.113. The molecule has 0 bridgehead atoms. The van der Waals surface area contributed by atoms with Gasteiger partial charge in [0.05, 0.1) is 11.4 Å². The van der Waals surface area contributed by atoms with Crippen molar-refractivity contribution in [3.05, 3.63) is 78.4 Å². The standard InChI is InChI=1S/C22H17N5OS/c1-15-10-12-16(13-11-15)22-23-25-26(24-22)14-21(28)27-17-6-2-4-8-19(17)29-20-9-5-3-7-18(20)27/h2-13H,14H2,1H3. The predicted octanol–water partition coefficient (Wildman–Crippen LogP) is 4.48. The molecule has 0 unspecified atom stereocenters. The summed E-state index contributed by atoms with van der Waals surface area (Å²) in [6.45, 7) is 2.03. The average molecular weight is 399 g/mol. The van der Waals surface area contributed by atoms with Gasteiger partial charge >= 0.3 is 0 Å². The molecular weight excluding hydrogens is 382 g/mol. The molecule has 0 aliphatic carbocycles. The van der Waals surface area contributed by atoms with E-state index in [4.69, 9.17) is 0 Å². The molecule has 0 saturated carbocycles. The van der Waals surface area contributed by atoms with Gasteiger partial charge in [-0.3, -0.25) is 9.69 Å². The zero-order valence-corrected chi connectivity index (χ0v) is 16.5. The number of hydrogen-bond acceptors (Lipinski definition) is 5. The second kappa shape index (κ2) is 7.18. The minimum Gasteiger partial charge on any atom is -0.277 e. The van der Waals surface area contributed by atoms with Gasteiger partial charge in [-0.25, -0.2) is 0 Å². The summed E-state index contributed by atoms with van der Waals surface area (Å²) >= 11 is 1.67. The van der Waals surface area contributed by atoms with Crippen LogP contribution >= 0.6 is 11.8 Å². The molecule has 0 spiro atoms. The Morgan fingerprint density at radius 1 is 0.897 bits per heavy atom. The van der Waals surface area contributed by atoms with E-state index < -0.39 is 0 Å². The topological polar surface area (TPSA) is 63.9 Å². The third-order valence-corrected chi connectivity index (χ3v) is 5.85. The first-order valence-corrected chi connectivity index (χ1v) is 10.0. The van der Waals surface area contributed by atoms with Crippen LogP contribution in [-0.2, 0) is 11.3 Å². The van der Waals surface area contributed by atoms with E-state index in [9.17, 15) is 4.79 Å². The Balaban J connectivity index is 1.45. The Hall–Kier alpha value is -3.45. The van der Waals surface area contributed by atoms with Crippen molar-refractivity contribution in [2.45, 2.75) is 23.3 Å². The first-order chi connectivity index (χ1) is 14.2. The van der Waals surface area contributed by atoms with Gasteiger partial charge in [-0.2, -0.15) is 4.80 Å². The van der Waals surface area contributed by atoms with Crippen LogP contribution < -0.4 is 4.90 Å². The number of para-hydroxylation sites is 2. The summed E-state index contributed by atoms with van der Waals surface area (Å²) in [6.07, 6.45) is 0. The molecule has 7 heteroatoms. The highest BCUT2D eigenvalue weighted by Crippen LogP contribution is 2.47. The lowest BCUT2D eigenvalue weighted by Gasteiger charge is -2.30. The van der Waals surface area contributed by atoms with E-state index in [0.29, 0.717) is 5.82 Å². The Labute approximate surface area is 172 Å². The van der Waals surface area contributed by atoms with Gasteiger partial charge in [-0.1, -0.05) is 65.9 Å². The summed E-state index contributed by atoms with van der Waals surface area (Å²) in [5, 5.41) is 12.6. The molecule has 0 saturated heterocycles. The summed E-state index contributed by atoms with van der Waals surface area (Å²) in [4.78, 5) is 18.5. The van der Waals surface area contributed by atoms with Crippen molar-refractivity contribution in [2.24, 2.45) is 0 Å². The van der Waals surface area contributed by atoms with Crippen molar-refractivity contribution in [2.75, 3.05) is 4.90 Å². The molecule has 0 N–H and O–H groups in total. The van der Waals surface area contributed by atoms with Crippen LogP contribution in [0.25, 0.3) is 11.4 Å². The number of anilines is 2. The van der Waals surface area contributed by atoms with Gasteiger partial charge in [0.15, 0.2) is 0 Å². The fourth-order valence-corrected chi connectivity index (χ4v) is 4.35. The molecular formula is C22H17N5OS. The van der Waals surface area contributed by atoms with Gasteiger partial charge in [-0.05, 0) is 36.4 Å². The molecule has 4 aromatic rings. The highest BCUT2D eigenvalue weighted by molar-refractivity contribution is 7.99. The van der Waals surface area contributed by atoms with Crippen LogP contribution in [0.15, 0.2) is 82.6 Å². The monoisotopic (exact) mass is 399 g/mol. The van der Waals surface area contributed by atoms with Crippen LogP contribution in [-0.4, -0.2) is 26.1 Å². The van der Waals surface area contributed by atoms with Crippen LogP contribution in [0.4, 0.5) is 11.4 Å². The first-order valence-electron chi connectivity index (χ1n) is 9.23. The van der Waals surface area contributed by atoms with Gasteiger partial charge in [0, 0.05) is 15.4 Å². The average Bonchev–Trinajstić information content (AvgIpc) is 3.20. The van der Waals surface area contributed by atoms with Crippen molar-refractivity contribution in [3.8, 4) is 11.4 Å². The predicted molar refractivity (Wildman–Crippen MR) is 112 cm³/mol. The second-order valence-corrected chi connectivity index (χ2v) is 7.86. The number of aryl methyl sites for hydroxylation is 1. The Kier molecular flexibility index (Phi) is 4.37. The van der Waals surface area contributed by atoms with Gasteiger partial charge in [-0.15, -0.1) is 10.2 Å². The van der Waals surface area contributed by atoms with Crippen LogP contribution in [0.2, 0.25) is 0 Å². The lowest BCUT2D eigenvalue weighted by molar-refractivity contribution is -0.118. The third-order valence-electron chi connectivity index (χ3n) is 4.72. The summed E-state index contributed by atoms with van der Waals surface area (Å²) < 4.78 is 0. The molecule has 6 nitrogen and oxygen atoms in total. The number of carbonyl (C=O) groups excluding carboxylic acids is 1. The number of nitrogens with zero attached hydrogens (tertiary/aromatic N) is 5. The molecule has 0 atom stereocenters. The maximum absolute atomic E-state index is 13.3. The van der Waals surface area contributed by atoms with E-state index in [0.717, 1.165) is 32.3 Å². The number of rotatable bonds is 3. The number of fused-ring (bicyclic) bond motifs is 2. The Morgan fingerprint density at radius 2 is 1.52 bits per heavy atom. The molecule has 142 valence electrons. The van der Waals surface area contributed by atoms with Crippen molar-refractivity contribution in [1.29, 1.82) is 0 Å². The fourth-order valence-electron chi connectivity index (χ4n) is 3.29. The lowest BCUT2D eigenvalue weighted by atomic mass is 10.1. The summed E-state index contributed by atoms with van der Waals surface area (Å²) in [5.41, 5.74) is 3.79. The van der Waals surface area contributed by atoms with Crippen LogP contribution in [0.3, 0.4) is 0 Å². The van der Waals surface area contributed by atoms with Crippen molar-refractivity contribution < 1.29 is 4.79 Å². The molecule has 2 heterocycles. The Bertz CT molecular complexity index is 1160. The SMILES string of the molecule is Cc1ccc(-c2nnn(CC(=O)N3c4ccccc4Sc4ccccc43)n2)cc1. The van der Waals surface area contributed by atoms with Crippen LogP contribution in [0, 0.1) is 6.92 Å². The molecule has 1 aliphatic rings. The van der Waals surface area contributed by atoms with Gasteiger partial charge in [0.25, 0.3) is 5.91 Å². The first kappa shape index (κ1) is 17.6. The van der Waals surface area contributed by atoms with E-state index >= 15 is 0 Å². The number of amides is 1. The summed E-state index contributed by atoms with van der Waals surface area (Å²) in [5.74, 6) is 0.394. The lowest BCUT2D eigenvalue weighted by Crippen LogP contribution is -2.32. The van der Waals surface area contributed by atoms with Gasteiger partial charge in [0.1, 0.15) is 6.54 Å². The van der Waals surface area contributed by atoms with Gasteiger partial charge in [0.2, 0.25) is 5.82 Å². The van der Waals surface area contributed by atoms with Gasteiger partial charge < -0.3 is 0 Å². The smallest absolute Gasteiger partial charge is 0.255 e. The molecule has 1 aliphatic heterocycles. The molecule has 0 fully saturated rings. The van der Waals surface area contributed by atoms with Crippen LogP contribution in [0.5, 0.6) is 0 Å². The van der Waals surface area contributed by atoms with E-state index in [1.165, 1.54) is 4.80 Å².